The summed E-state index contributed by atoms with van der Waals surface area (Å²) in [6.07, 6.45) is 6.65. The van der Waals surface area contributed by atoms with E-state index in [-0.39, 0.29) is 10.7 Å². The summed E-state index contributed by atoms with van der Waals surface area (Å²) in [6.45, 7) is 8.95. The lowest BCUT2D eigenvalue weighted by molar-refractivity contribution is 0.269. The summed E-state index contributed by atoms with van der Waals surface area (Å²) in [4.78, 5) is 17.1. The Kier molecular flexibility index (Phi) is 6.82. The number of amides is 1. The third kappa shape index (κ3) is 5.60. The Hall–Kier alpha value is -1.81. The number of hydrogen-bond acceptors (Lipinski definition) is 3. The van der Waals surface area contributed by atoms with Crippen LogP contribution in [0.2, 0.25) is 0 Å². The van der Waals surface area contributed by atoms with E-state index < -0.39 is 0 Å². The molecule has 3 nitrogen and oxygen atoms in total. The molecule has 3 rings (SSSR count). The quantitative estimate of drug-likeness (QED) is 0.597. The molecule has 28 heavy (non-hydrogen) atoms. The lowest BCUT2D eigenvalue weighted by Gasteiger charge is -2.27. The first-order valence-corrected chi connectivity index (χ1v) is 11.3. The highest BCUT2D eigenvalue weighted by Crippen LogP contribution is 2.37. The summed E-state index contributed by atoms with van der Waals surface area (Å²) in [6, 6.07) is 12.5. The van der Waals surface area contributed by atoms with Gasteiger partial charge in [-0.1, -0.05) is 76.6 Å². The van der Waals surface area contributed by atoms with Crippen LogP contribution in [0.1, 0.15) is 76.1 Å². The number of anilines is 1. The largest absolute Gasteiger partial charge is 0.315 e. The second kappa shape index (κ2) is 9.13. The monoisotopic (exact) mass is 396 g/mol. The number of carbonyl (C=O) groups excluding carboxylic acids is 1. The van der Waals surface area contributed by atoms with Gasteiger partial charge in [-0.15, -0.1) is 0 Å². The molecule has 0 saturated heterocycles. The first-order chi connectivity index (χ1) is 13.3. The Balaban J connectivity index is 1.58. The van der Waals surface area contributed by atoms with Gasteiger partial charge in [0.05, 0.1) is 11.4 Å². The average Bonchev–Trinajstić information content (AvgIpc) is 2.67. The third-order valence-electron chi connectivity index (χ3n) is 5.67. The molecule has 1 aromatic heterocycles. The molecule has 0 spiro atoms. The van der Waals surface area contributed by atoms with Gasteiger partial charge in [-0.05, 0) is 47.4 Å². The zero-order valence-electron chi connectivity index (χ0n) is 17.5. The smallest absolute Gasteiger partial charge is 0.283 e. The molecule has 1 aliphatic rings. The summed E-state index contributed by atoms with van der Waals surface area (Å²) >= 11 is 1.32. The number of hydrogen-bond donors (Lipinski definition) is 1. The number of nitrogens with zero attached hydrogens (tertiary/aromatic N) is 1. The molecule has 0 atom stereocenters. The Morgan fingerprint density at radius 1 is 1.11 bits per heavy atom. The number of nitrogens with one attached hydrogen (secondary N) is 1. The van der Waals surface area contributed by atoms with Crippen LogP contribution in [0.5, 0.6) is 0 Å². The molecule has 4 heteroatoms. The van der Waals surface area contributed by atoms with Crippen molar-refractivity contribution in [2.75, 3.05) is 5.32 Å². The van der Waals surface area contributed by atoms with Crippen LogP contribution < -0.4 is 5.32 Å². The van der Waals surface area contributed by atoms with Crippen molar-refractivity contribution in [3.8, 4) is 0 Å². The number of thioether (sulfide) groups is 1. The van der Waals surface area contributed by atoms with Gasteiger partial charge in [-0.25, -0.2) is 0 Å². The molecule has 2 aromatic rings. The van der Waals surface area contributed by atoms with Crippen molar-refractivity contribution in [2.24, 2.45) is 5.92 Å². The van der Waals surface area contributed by atoms with Gasteiger partial charge in [0.25, 0.3) is 5.24 Å². The molecule has 0 bridgehead atoms. The summed E-state index contributed by atoms with van der Waals surface area (Å²) < 4.78 is 0. The maximum absolute atomic E-state index is 12.5. The van der Waals surface area contributed by atoms with E-state index >= 15 is 0 Å². The minimum Gasteiger partial charge on any atom is -0.315 e. The predicted octanol–water partition coefficient (Wildman–Crippen LogP) is 7.14. The first kappa shape index (κ1) is 20.9. The Bertz CT molecular complexity index is 787. The number of carbonyl (C=O) groups is 1. The molecule has 150 valence electrons. The zero-order valence-corrected chi connectivity index (χ0v) is 18.3. The van der Waals surface area contributed by atoms with E-state index in [0.29, 0.717) is 11.7 Å². The second-order valence-electron chi connectivity index (χ2n) is 9.04. The fourth-order valence-corrected chi connectivity index (χ4v) is 4.45. The maximum Gasteiger partial charge on any atom is 0.283 e. The van der Waals surface area contributed by atoms with Gasteiger partial charge in [-0.2, -0.15) is 0 Å². The Morgan fingerprint density at radius 3 is 2.43 bits per heavy atom. The van der Waals surface area contributed by atoms with Crippen molar-refractivity contribution in [1.82, 2.24) is 4.98 Å². The lowest BCUT2D eigenvalue weighted by Crippen LogP contribution is -2.15. The van der Waals surface area contributed by atoms with Gasteiger partial charge in [-0.3, -0.25) is 9.78 Å². The summed E-state index contributed by atoms with van der Waals surface area (Å²) in [5.74, 6) is 1.94. The maximum atomic E-state index is 12.5. The van der Waals surface area contributed by atoms with E-state index in [1.165, 1.54) is 35.7 Å². The van der Waals surface area contributed by atoms with Crippen molar-refractivity contribution in [3.05, 3.63) is 59.4 Å². The second-order valence-corrected chi connectivity index (χ2v) is 9.99. The van der Waals surface area contributed by atoms with E-state index in [1.807, 2.05) is 18.3 Å². The van der Waals surface area contributed by atoms with Gasteiger partial charge in [0.2, 0.25) is 0 Å². The molecular formula is C24H32N2OS. The molecule has 1 amide bonds. The van der Waals surface area contributed by atoms with Gasteiger partial charge >= 0.3 is 0 Å². The van der Waals surface area contributed by atoms with Crippen LogP contribution in [0.25, 0.3) is 0 Å². The third-order valence-corrected chi connectivity index (χ3v) is 6.51. The normalized spacial score (nSPS) is 20.0. The van der Waals surface area contributed by atoms with Gasteiger partial charge < -0.3 is 5.32 Å². The summed E-state index contributed by atoms with van der Waals surface area (Å²) in [5, 5.41) is 3.07. The number of aromatic nitrogens is 1. The van der Waals surface area contributed by atoms with Crippen molar-refractivity contribution in [2.45, 2.75) is 70.5 Å². The van der Waals surface area contributed by atoms with Crippen LogP contribution in [-0.4, -0.2) is 10.2 Å². The number of rotatable bonds is 4. The summed E-state index contributed by atoms with van der Waals surface area (Å²) in [7, 11) is 0. The van der Waals surface area contributed by atoms with E-state index in [9.17, 15) is 4.79 Å². The fourth-order valence-electron chi connectivity index (χ4n) is 3.78. The molecule has 0 radical (unpaired) electrons. The lowest BCUT2D eigenvalue weighted by atomic mass is 9.81. The molecule has 1 aromatic carbocycles. The van der Waals surface area contributed by atoms with E-state index in [0.717, 1.165) is 30.1 Å². The van der Waals surface area contributed by atoms with Crippen LogP contribution in [-0.2, 0) is 11.2 Å². The first-order valence-electron chi connectivity index (χ1n) is 10.3. The van der Waals surface area contributed by atoms with Crippen LogP contribution >= 0.6 is 11.8 Å². The number of benzene rings is 1. The fraction of sp³-hybridized carbons (Fsp3) is 0.500. The van der Waals surface area contributed by atoms with E-state index in [2.05, 4.69) is 62.3 Å². The van der Waals surface area contributed by atoms with Gasteiger partial charge in [0.15, 0.2) is 0 Å². The highest BCUT2D eigenvalue weighted by Gasteiger charge is 2.23. The van der Waals surface area contributed by atoms with E-state index in [1.54, 1.807) is 0 Å². The van der Waals surface area contributed by atoms with Crippen LogP contribution in [0.3, 0.4) is 0 Å². The van der Waals surface area contributed by atoms with Gasteiger partial charge in [0.1, 0.15) is 0 Å². The molecular weight excluding hydrogens is 364 g/mol. The average molecular weight is 397 g/mol. The Morgan fingerprint density at radius 2 is 1.79 bits per heavy atom. The Labute approximate surface area is 173 Å². The molecule has 1 aliphatic carbocycles. The predicted molar refractivity (Wildman–Crippen MR) is 120 cm³/mol. The van der Waals surface area contributed by atoms with Crippen molar-refractivity contribution in [3.63, 3.8) is 0 Å². The zero-order chi connectivity index (χ0) is 20.1. The minimum absolute atomic E-state index is 0.0154. The minimum atomic E-state index is -0.0154. The van der Waals surface area contributed by atoms with Crippen molar-refractivity contribution in [1.29, 1.82) is 0 Å². The molecule has 0 unspecified atom stereocenters. The molecule has 1 N–H and O–H groups in total. The highest BCUT2D eigenvalue weighted by atomic mass is 32.2. The molecule has 1 saturated carbocycles. The van der Waals surface area contributed by atoms with E-state index in [4.69, 9.17) is 0 Å². The number of pyridine rings is 1. The molecule has 0 aliphatic heterocycles. The topological polar surface area (TPSA) is 42.0 Å². The van der Waals surface area contributed by atoms with Crippen LogP contribution in [0.15, 0.2) is 42.6 Å². The standard InChI is InChI=1S/C24H32N2OS/c1-17-7-11-19(12-8-17)22-21(6-5-15-25-22)26-23(27)28-16-18-9-13-20(14-10-18)24(2,3)4/h5-6,9-10,13-15,17,19H,7-8,11-12,16H2,1-4H3,(H,26,27). The van der Waals surface area contributed by atoms with Crippen molar-refractivity contribution >= 4 is 22.7 Å². The van der Waals surface area contributed by atoms with Crippen LogP contribution in [0, 0.1) is 5.92 Å². The summed E-state index contributed by atoms with van der Waals surface area (Å²) in [5.41, 5.74) is 4.56. The molecule has 1 fully saturated rings. The van der Waals surface area contributed by atoms with Crippen LogP contribution in [0.4, 0.5) is 10.5 Å². The highest BCUT2D eigenvalue weighted by molar-refractivity contribution is 8.13. The van der Waals surface area contributed by atoms with Gasteiger partial charge in [0, 0.05) is 17.9 Å². The molecule has 1 heterocycles. The SMILES string of the molecule is CC1CCC(c2ncccc2NC(=O)SCc2ccc(C(C)(C)C)cc2)CC1. The van der Waals surface area contributed by atoms with Crippen molar-refractivity contribution < 1.29 is 4.79 Å².